The van der Waals surface area contributed by atoms with Gasteiger partial charge in [0, 0.05) is 19.2 Å². The van der Waals surface area contributed by atoms with Crippen molar-refractivity contribution < 1.29 is 4.79 Å². The van der Waals surface area contributed by atoms with E-state index >= 15 is 0 Å². The monoisotopic (exact) mass is 369 g/mol. The summed E-state index contributed by atoms with van der Waals surface area (Å²) < 4.78 is 1.93. The summed E-state index contributed by atoms with van der Waals surface area (Å²) in [5.41, 5.74) is 0.996. The van der Waals surface area contributed by atoms with Crippen LogP contribution in [0.3, 0.4) is 0 Å². The summed E-state index contributed by atoms with van der Waals surface area (Å²) in [5, 5.41) is 23.0. The van der Waals surface area contributed by atoms with Gasteiger partial charge < -0.3 is 9.88 Å². The molecule has 0 unspecified atom stereocenters. The lowest BCUT2D eigenvalue weighted by atomic mass is 10.2. The zero-order valence-electron chi connectivity index (χ0n) is 13.5. The Hall–Kier alpha value is -2.63. The van der Waals surface area contributed by atoms with E-state index in [1.54, 1.807) is 35.6 Å². The number of nitrogens with zero attached hydrogens (tertiary/aromatic N) is 4. The second-order valence-corrected chi connectivity index (χ2v) is 7.16. The summed E-state index contributed by atoms with van der Waals surface area (Å²) in [6, 6.07) is 13.0. The van der Waals surface area contributed by atoms with E-state index < -0.39 is 0 Å². The van der Waals surface area contributed by atoms with Gasteiger partial charge in [-0.25, -0.2) is 0 Å². The van der Waals surface area contributed by atoms with Gasteiger partial charge in [-0.05, 0) is 23.6 Å². The van der Waals surface area contributed by atoms with Gasteiger partial charge in [-0.15, -0.1) is 21.5 Å². The van der Waals surface area contributed by atoms with Gasteiger partial charge in [0.1, 0.15) is 6.07 Å². The molecule has 8 heteroatoms. The number of nitrogens with one attached hydrogen (secondary N) is 1. The van der Waals surface area contributed by atoms with Crippen molar-refractivity contribution in [2.45, 2.75) is 11.6 Å². The number of thiophene rings is 1. The molecule has 1 aromatic carbocycles. The lowest BCUT2D eigenvalue weighted by Crippen LogP contribution is -2.13. The van der Waals surface area contributed by atoms with E-state index in [1.165, 1.54) is 11.8 Å². The van der Waals surface area contributed by atoms with Gasteiger partial charge in [0.05, 0.1) is 16.1 Å². The molecule has 0 fully saturated rings. The molecule has 0 saturated carbocycles. The Morgan fingerprint density at radius 3 is 2.92 bits per heavy atom. The Balaban J connectivity index is 1.55. The normalized spacial score (nSPS) is 10.4. The minimum absolute atomic E-state index is 0.129. The van der Waals surface area contributed by atoms with Crippen molar-refractivity contribution in [1.82, 2.24) is 14.8 Å². The first-order valence-electron chi connectivity index (χ1n) is 7.54. The van der Waals surface area contributed by atoms with E-state index in [2.05, 4.69) is 21.6 Å². The number of anilines is 1. The van der Waals surface area contributed by atoms with Crippen molar-refractivity contribution >= 4 is 34.7 Å². The fourth-order valence-electron chi connectivity index (χ4n) is 2.20. The van der Waals surface area contributed by atoms with E-state index in [-0.39, 0.29) is 5.91 Å². The second kappa shape index (κ2) is 7.96. The highest BCUT2D eigenvalue weighted by Gasteiger charge is 2.13. The molecule has 2 aromatic heterocycles. The van der Waals surface area contributed by atoms with Gasteiger partial charge in [-0.2, -0.15) is 5.26 Å². The number of nitriles is 1. The van der Waals surface area contributed by atoms with Gasteiger partial charge in [0.2, 0.25) is 5.91 Å². The molecule has 2 heterocycles. The molecular formula is C17H15N5OS2. The Bertz CT molecular complexity index is 912. The number of amides is 1. The Morgan fingerprint density at radius 2 is 2.16 bits per heavy atom. The average Bonchev–Trinajstić information content (AvgIpc) is 3.26. The third-order valence-corrected chi connectivity index (χ3v) is 5.35. The van der Waals surface area contributed by atoms with E-state index in [4.69, 9.17) is 5.26 Å². The molecule has 0 saturated heterocycles. The van der Waals surface area contributed by atoms with Crippen LogP contribution in [0.25, 0.3) is 10.7 Å². The fraction of sp³-hybridized carbons (Fsp3) is 0.176. The Morgan fingerprint density at radius 1 is 1.32 bits per heavy atom. The summed E-state index contributed by atoms with van der Waals surface area (Å²) >= 11 is 3.10. The van der Waals surface area contributed by atoms with E-state index in [1.807, 2.05) is 29.1 Å². The smallest absolute Gasteiger partial charge is 0.225 e. The first-order chi connectivity index (χ1) is 12.2. The number of benzene rings is 1. The molecule has 0 spiro atoms. The summed E-state index contributed by atoms with van der Waals surface area (Å²) in [6.45, 7) is 0. The molecule has 0 aliphatic heterocycles. The predicted molar refractivity (Wildman–Crippen MR) is 99.4 cm³/mol. The molecule has 0 bridgehead atoms. The summed E-state index contributed by atoms with van der Waals surface area (Å²) in [5.74, 6) is 1.28. The number of rotatable bonds is 6. The van der Waals surface area contributed by atoms with Crippen molar-refractivity contribution in [3.05, 3.63) is 47.3 Å². The van der Waals surface area contributed by atoms with E-state index in [9.17, 15) is 4.79 Å². The molecule has 6 nitrogen and oxygen atoms in total. The van der Waals surface area contributed by atoms with Gasteiger partial charge in [0.25, 0.3) is 0 Å². The van der Waals surface area contributed by atoms with Crippen LogP contribution < -0.4 is 5.32 Å². The van der Waals surface area contributed by atoms with Gasteiger partial charge in [0.15, 0.2) is 11.0 Å². The minimum Gasteiger partial charge on any atom is -0.325 e. The first kappa shape index (κ1) is 17.2. The van der Waals surface area contributed by atoms with Crippen LogP contribution in [-0.4, -0.2) is 26.4 Å². The zero-order valence-corrected chi connectivity index (χ0v) is 15.1. The molecule has 1 N–H and O–H groups in total. The number of para-hydroxylation sites is 1. The number of carbonyl (C=O) groups excluding carboxylic acids is 1. The molecule has 25 heavy (non-hydrogen) atoms. The Kier molecular flexibility index (Phi) is 5.48. The summed E-state index contributed by atoms with van der Waals surface area (Å²) in [4.78, 5) is 13.1. The number of thioether (sulfide) groups is 1. The topological polar surface area (TPSA) is 83.6 Å². The van der Waals surface area contributed by atoms with Crippen LogP contribution >= 0.6 is 23.1 Å². The maximum atomic E-state index is 12.1. The lowest BCUT2D eigenvalue weighted by molar-refractivity contribution is -0.115. The predicted octanol–water partition coefficient (Wildman–Crippen LogP) is 3.54. The molecular weight excluding hydrogens is 354 g/mol. The highest BCUT2D eigenvalue weighted by Crippen LogP contribution is 2.26. The molecule has 3 rings (SSSR count). The van der Waals surface area contributed by atoms with Crippen molar-refractivity contribution in [3.63, 3.8) is 0 Å². The summed E-state index contributed by atoms with van der Waals surface area (Å²) in [6.07, 6.45) is 0.325. The van der Waals surface area contributed by atoms with Gasteiger partial charge >= 0.3 is 0 Å². The molecule has 0 aliphatic carbocycles. The molecule has 0 aliphatic rings. The van der Waals surface area contributed by atoms with Gasteiger partial charge in [-0.1, -0.05) is 30.0 Å². The highest BCUT2D eigenvalue weighted by atomic mass is 32.2. The SMILES string of the molecule is Cn1c(SCCC(=O)Nc2ccccc2C#N)nnc1-c1cccs1. The zero-order chi connectivity index (χ0) is 17.6. The molecule has 0 radical (unpaired) electrons. The van der Waals surface area contributed by atoms with E-state index in [0.29, 0.717) is 23.4 Å². The van der Waals surface area contributed by atoms with Crippen LogP contribution in [-0.2, 0) is 11.8 Å². The molecule has 3 aromatic rings. The number of aromatic nitrogens is 3. The van der Waals surface area contributed by atoms with Crippen LogP contribution in [0.5, 0.6) is 0 Å². The van der Waals surface area contributed by atoms with Crippen molar-refractivity contribution in [3.8, 4) is 16.8 Å². The first-order valence-corrected chi connectivity index (χ1v) is 9.40. The minimum atomic E-state index is -0.129. The summed E-state index contributed by atoms with van der Waals surface area (Å²) in [7, 11) is 1.92. The maximum absolute atomic E-state index is 12.1. The maximum Gasteiger partial charge on any atom is 0.225 e. The fourth-order valence-corrected chi connectivity index (χ4v) is 3.79. The third kappa shape index (κ3) is 4.07. The van der Waals surface area contributed by atoms with Crippen LogP contribution in [0.4, 0.5) is 5.69 Å². The highest BCUT2D eigenvalue weighted by molar-refractivity contribution is 7.99. The average molecular weight is 369 g/mol. The quantitative estimate of drug-likeness (QED) is 0.672. The molecule has 1 amide bonds. The van der Waals surface area contributed by atoms with Crippen molar-refractivity contribution in [2.75, 3.05) is 11.1 Å². The molecule has 126 valence electrons. The standard InChI is InChI=1S/C17H15N5OS2/c1-22-16(14-7-4-9-24-14)20-21-17(22)25-10-8-15(23)19-13-6-3-2-5-12(13)11-18/h2-7,9H,8,10H2,1H3,(H,19,23). The lowest BCUT2D eigenvalue weighted by Gasteiger charge is -2.06. The van der Waals surface area contributed by atoms with Crippen LogP contribution in [0.15, 0.2) is 46.9 Å². The molecule has 0 atom stereocenters. The van der Waals surface area contributed by atoms with Crippen molar-refractivity contribution in [2.24, 2.45) is 7.05 Å². The van der Waals surface area contributed by atoms with Crippen LogP contribution in [0, 0.1) is 11.3 Å². The van der Waals surface area contributed by atoms with Crippen LogP contribution in [0.2, 0.25) is 0 Å². The van der Waals surface area contributed by atoms with Gasteiger partial charge in [-0.3, -0.25) is 4.79 Å². The second-order valence-electron chi connectivity index (χ2n) is 5.15. The number of hydrogen-bond acceptors (Lipinski definition) is 6. The van der Waals surface area contributed by atoms with Crippen molar-refractivity contribution in [1.29, 1.82) is 5.26 Å². The largest absolute Gasteiger partial charge is 0.325 e. The number of hydrogen-bond donors (Lipinski definition) is 1. The number of carbonyl (C=O) groups is 1. The third-order valence-electron chi connectivity index (χ3n) is 3.46. The van der Waals surface area contributed by atoms with Crippen LogP contribution in [0.1, 0.15) is 12.0 Å². The van der Waals surface area contributed by atoms with E-state index in [0.717, 1.165) is 15.9 Å². The Labute approximate surface area is 153 Å².